The van der Waals surface area contributed by atoms with Gasteiger partial charge in [0.15, 0.2) is 5.69 Å². The number of nitrogens with one attached hydrogen (secondary N) is 1. The Balaban J connectivity index is 2.48. The van der Waals surface area contributed by atoms with Gasteiger partial charge in [-0.3, -0.25) is 0 Å². The Labute approximate surface area is 111 Å². The van der Waals surface area contributed by atoms with Gasteiger partial charge in [0.05, 0.1) is 7.11 Å². The average Bonchev–Trinajstić information content (AvgIpc) is 2.69. The molecule has 1 aromatic heterocycles. The van der Waals surface area contributed by atoms with Gasteiger partial charge in [-0.25, -0.2) is 14.2 Å². The highest BCUT2D eigenvalue weighted by Gasteiger charge is 2.16. The largest absolute Gasteiger partial charge is 0.464 e. The van der Waals surface area contributed by atoms with Crippen molar-refractivity contribution in [1.82, 2.24) is 9.97 Å². The van der Waals surface area contributed by atoms with Gasteiger partial charge in [0.1, 0.15) is 11.6 Å². The van der Waals surface area contributed by atoms with E-state index < -0.39 is 5.97 Å². The van der Waals surface area contributed by atoms with Crippen LogP contribution in [0.4, 0.5) is 4.39 Å². The van der Waals surface area contributed by atoms with Crippen molar-refractivity contribution in [2.75, 3.05) is 7.11 Å². The first-order valence-corrected chi connectivity index (χ1v) is 5.92. The predicted molar refractivity (Wildman–Crippen MR) is 67.8 cm³/mol. The van der Waals surface area contributed by atoms with Crippen molar-refractivity contribution in [3.05, 3.63) is 39.9 Å². The van der Waals surface area contributed by atoms with Crippen LogP contribution < -0.4 is 0 Å². The van der Waals surface area contributed by atoms with Gasteiger partial charge in [0.25, 0.3) is 0 Å². The van der Waals surface area contributed by atoms with Gasteiger partial charge >= 0.3 is 5.97 Å². The number of imidazole rings is 1. The molecule has 0 fully saturated rings. The predicted octanol–water partition coefficient (Wildman–Crippen LogP) is 3.07. The molecule has 1 heterocycles. The molecule has 0 bridgehead atoms. The van der Waals surface area contributed by atoms with Gasteiger partial charge in [-0.05, 0) is 25.1 Å². The molecular formula is C12H10BrFN2O2. The number of esters is 1. The van der Waals surface area contributed by atoms with Crippen LogP contribution in [0.5, 0.6) is 0 Å². The molecule has 1 aromatic carbocycles. The maximum atomic E-state index is 13.3. The number of H-pyrrole nitrogens is 1. The quantitative estimate of drug-likeness (QED) is 0.867. The molecule has 4 nitrogen and oxygen atoms in total. The fourth-order valence-electron chi connectivity index (χ4n) is 1.58. The summed E-state index contributed by atoms with van der Waals surface area (Å²) in [4.78, 5) is 18.5. The molecule has 1 N–H and O–H groups in total. The molecule has 0 saturated carbocycles. The first-order valence-electron chi connectivity index (χ1n) is 5.12. The second-order valence-corrected chi connectivity index (χ2v) is 4.62. The summed E-state index contributed by atoms with van der Waals surface area (Å²) in [6.45, 7) is 1.71. The van der Waals surface area contributed by atoms with E-state index in [1.165, 1.54) is 19.2 Å². The number of hydrogen-bond donors (Lipinski definition) is 1. The van der Waals surface area contributed by atoms with Crippen molar-refractivity contribution in [2.45, 2.75) is 6.92 Å². The molecule has 2 aromatic rings. The van der Waals surface area contributed by atoms with Crippen LogP contribution in [0.25, 0.3) is 11.4 Å². The van der Waals surface area contributed by atoms with E-state index in [1.807, 2.05) is 0 Å². The molecule has 0 saturated heterocycles. The Morgan fingerprint density at radius 1 is 1.44 bits per heavy atom. The van der Waals surface area contributed by atoms with Gasteiger partial charge in [0.2, 0.25) is 0 Å². The van der Waals surface area contributed by atoms with Crippen LogP contribution in [0, 0.1) is 12.7 Å². The maximum absolute atomic E-state index is 13.3. The average molecular weight is 313 g/mol. The third kappa shape index (κ3) is 2.43. The molecular weight excluding hydrogens is 303 g/mol. The number of aromatic amines is 1. The van der Waals surface area contributed by atoms with Crippen molar-refractivity contribution in [1.29, 1.82) is 0 Å². The second kappa shape index (κ2) is 4.89. The summed E-state index contributed by atoms with van der Waals surface area (Å²) < 4.78 is 18.5. The summed E-state index contributed by atoms with van der Waals surface area (Å²) in [6.07, 6.45) is 0. The number of rotatable bonds is 2. The summed E-state index contributed by atoms with van der Waals surface area (Å²) in [5.41, 5.74) is 1.34. The Kier molecular flexibility index (Phi) is 3.47. The molecule has 2 rings (SSSR count). The van der Waals surface area contributed by atoms with Crippen molar-refractivity contribution in [2.24, 2.45) is 0 Å². The first kappa shape index (κ1) is 12.8. The molecule has 6 heteroatoms. The van der Waals surface area contributed by atoms with Gasteiger partial charge in [-0.2, -0.15) is 0 Å². The minimum Gasteiger partial charge on any atom is -0.464 e. The third-order valence-electron chi connectivity index (χ3n) is 2.40. The number of aryl methyl sites for hydroxylation is 1. The van der Waals surface area contributed by atoms with E-state index in [0.717, 1.165) is 0 Å². The van der Waals surface area contributed by atoms with E-state index in [9.17, 15) is 9.18 Å². The van der Waals surface area contributed by atoms with Crippen molar-refractivity contribution >= 4 is 21.9 Å². The van der Waals surface area contributed by atoms with E-state index in [4.69, 9.17) is 0 Å². The van der Waals surface area contributed by atoms with Crippen molar-refractivity contribution < 1.29 is 13.9 Å². The fraction of sp³-hybridized carbons (Fsp3) is 0.167. The molecule has 18 heavy (non-hydrogen) atoms. The Morgan fingerprint density at radius 2 is 2.17 bits per heavy atom. The minimum absolute atomic E-state index is 0.202. The molecule has 0 aliphatic carbocycles. The lowest BCUT2D eigenvalue weighted by Crippen LogP contribution is -2.03. The van der Waals surface area contributed by atoms with Gasteiger partial charge in [0, 0.05) is 15.7 Å². The normalized spacial score (nSPS) is 10.4. The van der Waals surface area contributed by atoms with E-state index in [0.29, 0.717) is 21.6 Å². The number of methoxy groups -OCH3 is 1. The second-order valence-electron chi connectivity index (χ2n) is 3.71. The van der Waals surface area contributed by atoms with Crippen molar-refractivity contribution in [3.63, 3.8) is 0 Å². The highest BCUT2D eigenvalue weighted by atomic mass is 79.9. The fourth-order valence-corrected chi connectivity index (χ4v) is 2.05. The molecule has 0 aliphatic heterocycles. The zero-order chi connectivity index (χ0) is 13.3. The number of carbonyl (C=O) groups is 1. The number of ether oxygens (including phenoxy) is 1. The van der Waals surface area contributed by atoms with Crippen LogP contribution in [0.1, 0.15) is 16.2 Å². The molecule has 0 amide bonds. The highest BCUT2D eigenvalue weighted by Crippen LogP contribution is 2.23. The van der Waals surface area contributed by atoms with Crippen LogP contribution in [-0.2, 0) is 4.74 Å². The molecule has 0 aliphatic rings. The van der Waals surface area contributed by atoms with Gasteiger partial charge in [-0.15, -0.1) is 0 Å². The Bertz CT molecular complexity index is 590. The number of halogens is 2. The zero-order valence-electron chi connectivity index (χ0n) is 9.75. The number of nitrogens with zero attached hydrogens (tertiary/aromatic N) is 1. The minimum atomic E-state index is -0.523. The summed E-state index contributed by atoms with van der Waals surface area (Å²) in [7, 11) is 1.29. The van der Waals surface area contributed by atoms with Gasteiger partial charge < -0.3 is 9.72 Å². The molecule has 0 radical (unpaired) electrons. The zero-order valence-corrected chi connectivity index (χ0v) is 11.3. The highest BCUT2D eigenvalue weighted by molar-refractivity contribution is 9.10. The molecule has 0 atom stereocenters. The van der Waals surface area contributed by atoms with E-state index >= 15 is 0 Å². The molecule has 0 spiro atoms. The van der Waals surface area contributed by atoms with Gasteiger partial charge in [-0.1, -0.05) is 15.9 Å². The van der Waals surface area contributed by atoms with E-state index in [-0.39, 0.29) is 11.5 Å². The molecule has 94 valence electrons. The monoisotopic (exact) mass is 312 g/mol. The van der Waals surface area contributed by atoms with E-state index in [1.54, 1.807) is 13.0 Å². The van der Waals surface area contributed by atoms with Crippen molar-refractivity contribution in [3.8, 4) is 11.4 Å². The summed E-state index contributed by atoms with van der Waals surface area (Å²) in [5.74, 6) is -0.480. The van der Waals surface area contributed by atoms with E-state index in [2.05, 4.69) is 30.6 Å². The smallest absolute Gasteiger partial charge is 0.358 e. The lowest BCUT2D eigenvalue weighted by Gasteiger charge is -1.98. The number of aromatic nitrogens is 2. The van der Waals surface area contributed by atoms with Crippen LogP contribution >= 0.6 is 15.9 Å². The van der Waals surface area contributed by atoms with Crippen LogP contribution in [-0.4, -0.2) is 23.0 Å². The summed E-state index contributed by atoms with van der Waals surface area (Å²) in [6, 6.07) is 4.40. The number of hydrogen-bond acceptors (Lipinski definition) is 3. The third-order valence-corrected chi connectivity index (χ3v) is 2.86. The SMILES string of the molecule is COC(=O)c1nc(-c2cc(F)cc(Br)c2)[nH]c1C. The maximum Gasteiger partial charge on any atom is 0.358 e. The van der Waals surface area contributed by atoms with Crippen LogP contribution in [0.3, 0.4) is 0 Å². The standard InChI is InChI=1S/C12H10BrFN2O2/c1-6-10(12(17)18-2)16-11(15-6)7-3-8(13)5-9(14)4-7/h3-5H,1-2H3,(H,15,16). The summed E-state index contributed by atoms with van der Waals surface area (Å²) in [5, 5.41) is 0. The van der Waals surface area contributed by atoms with Crippen LogP contribution in [0.2, 0.25) is 0 Å². The first-order chi connectivity index (χ1) is 8.51. The molecule has 0 unspecified atom stereocenters. The Hall–Kier alpha value is -1.69. The number of carbonyl (C=O) groups excluding carboxylic acids is 1. The summed E-state index contributed by atoms with van der Waals surface area (Å²) >= 11 is 3.20. The lowest BCUT2D eigenvalue weighted by atomic mass is 10.2. The topological polar surface area (TPSA) is 55.0 Å². The lowest BCUT2D eigenvalue weighted by molar-refractivity contribution is 0.0594. The van der Waals surface area contributed by atoms with Crippen LogP contribution in [0.15, 0.2) is 22.7 Å². The Morgan fingerprint density at radius 3 is 2.78 bits per heavy atom. The number of benzene rings is 1.